The number of halogens is 1. The Balaban J connectivity index is 1.54. The van der Waals surface area contributed by atoms with Crippen molar-refractivity contribution in [3.8, 4) is 17.2 Å². The summed E-state index contributed by atoms with van der Waals surface area (Å²) in [4.78, 5) is 25.6. The molecule has 11 heteroatoms. The number of rotatable bonds is 9. The molecule has 8 nitrogen and oxygen atoms in total. The fourth-order valence-corrected chi connectivity index (χ4v) is 5.11. The molecule has 1 heterocycles. The Kier molecular flexibility index (Phi) is 8.32. The fraction of sp³-hybridized carbons (Fsp3) is 0.154. The lowest BCUT2D eigenvalue weighted by Crippen LogP contribution is -2.27. The van der Waals surface area contributed by atoms with Gasteiger partial charge in [0.05, 0.1) is 34.3 Å². The Hall–Kier alpha value is -3.60. The molecule has 3 aromatic rings. The van der Waals surface area contributed by atoms with Gasteiger partial charge in [-0.05, 0) is 54.5 Å². The highest BCUT2D eigenvalue weighted by Crippen LogP contribution is 2.39. The molecule has 1 amide bonds. The molecule has 190 valence electrons. The second-order valence-electron chi connectivity index (χ2n) is 7.69. The molecule has 3 aromatic carbocycles. The van der Waals surface area contributed by atoms with Gasteiger partial charge in [-0.1, -0.05) is 53.8 Å². The number of ether oxygens (including phenoxy) is 3. The second kappa shape index (κ2) is 11.6. The highest BCUT2D eigenvalue weighted by molar-refractivity contribution is 8.27. The molecule has 0 saturated carbocycles. The Morgan fingerprint density at radius 3 is 2.57 bits per heavy atom. The molecule has 1 aliphatic heterocycles. The molecule has 0 N–H and O–H groups in total. The summed E-state index contributed by atoms with van der Waals surface area (Å²) >= 11 is 12.9. The zero-order chi connectivity index (χ0) is 26.5. The normalized spacial score (nSPS) is 14.2. The molecule has 0 aliphatic carbocycles. The van der Waals surface area contributed by atoms with Crippen molar-refractivity contribution >= 4 is 63.3 Å². The van der Waals surface area contributed by atoms with E-state index in [0.717, 1.165) is 5.56 Å². The van der Waals surface area contributed by atoms with Gasteiger partial charge in [0.2, 0.25) is 0 Å². The van der Waals surface area contributed by atoms with Crippen molar-refractivity contribution in [2.75, 3.05) is 18.6 Å². The van der Waals surface area contributed by atoms with Crippen LogP contribution < -0.4 is 19.1 Å². The first-order valence-electron chi connectivity index (χ1n) is 11.0. The van der Waals surface area contributed by atoms with E-state index >= 15 is 0 Å². The summed E-state index contributed by atoms with van der Waals surface area (Å²) in [5.74, 6) is 1.20. The number of carbonyl (C=O) groups excluding carboxylic acids is 1. The zero-order valence-corrected chi connectivity index (χ0v) is 22.2. The predicted octanol–water partition coefficient (Wildman–Crippen LogP) is 6.64. The average molecular weight is 557 g/mol. The zero-order valence-electron chi connectivity index (χ0n) is 19.8. The van der Waals surface area contributed by atoms with E-state index in [4.69, 9.17) is 38.0 Å². The molecular formula is C26H21ClN2O6S2. The highest BCUT2D eigenvalue weighted by atomic mass is 35.5. The van der Waals surface area contributed by atoms with Crippen LogP contribution in [0.5, 0.6) is 17.2 Å². The number of non-ortho nitro benzene ring substituents is 1. The number of hydrogen-bond donors (Lipinski definition) is 0. The minimum absolute atomic E-state index is 0.00398. The summed E-state index contributed by atoms with van der Waals surface area (Å²) in [6.45, 7) is 2.38. The third-order valence-electron chi connectivity index (χ3n) is 5.27. The van der Waals surface area contributed by atoms with Gasteiger partial charge >= 0.3 is 0 Å². The van der Waals surface area contributed by atoms with E-state index in [-0.39, 0.29) is 18.2 Å². The third-order valence-corrected chi connectivity index (χ3v) is 6.87. The third kappa shape index (κ3) is 6.04. The van der Waals surface area contributed by atoms with E-state index in [9.17, 15) is 14.9 Å². The standard InChI is InChI=1S/C26H21ClN2O6S2/c1-3-34-23-12-16(7-9-22(23)35-15-17-5-4-6-19(11-17)29(31)32)13-24-25(30)28(26(36)37-24)18-8-10-21(33-2)20(27)14-18/h4-14H,3,15H2,1-2H3/b24-13+. The van der Waals surface area contributed by atoms with E-state index < -0.39 is 4.92 Å². The van der Waals surface area contributed by atoms with Crippen LogP contribution in [0.2, 0.25) is 5.02 Å². The van der Waals surface area contributed by atoms with Crippen LogP contribution in [0.25, 0.3) is 6.08 Å². The molecule has 37 heavy (non-hydrogen) atoms. The molecule has 0 aromatic heterocycles. The predicted molar refractivity (Wildman–Crippen MR) is 149 cm³/mol. The largest absolute Gasteiger partial charge is 0.495 e. The van der Waals surface area contributed by atoms with E-state index in [0.29, 0.717) is 49.4 Å². The van der Waals surface area contributed by atoms with E-state index in [1.807, 2.05) is 6.92 Å². The number of nitrogens with zero attached hydrogens (tertiary/aromatic N) is 2. The van der Waals surface area contributed by atoms with E-state index in [2.05, 4.69) is 0 Å². The van der Waals surface area contributed by atoms with Gasteiger partial charge < -0.3 is 14.2 Å². The second-order valence-corrected chi connectivity index (χ2v) is 9.77. The van der Waals surface area contributed by atoms with Crippen molar-refractivity contribution in [1.82, 2.24) is 0 Å². The Morgan fingerprint density at radius 2 is 1.86 bits per heavy atom. The van der Waals surface area contributed by atoms with Crippen LogP contribution in [-0.4, -0.2) is 28.9 Å². The van der Waals surface area contributed by atoms with Gasteiger partial charge in [0.25, 0.3) is 11.6 Å². The van der Waals surface area contributed by atoms with E-state index in [1.165, 1.54) is 35.9 Å². The SMILES string of the molecule is CCOc1cc(/C=C2/SC(=S)N(c3ccc(OC)c(Cl)c3)C2=O)ccc1OCc1cccc([N+](=O)[O-])c1. The Labute approximate surface area is 227 Å². The average Bonchev–Trinajstić information content (AvgIpc) is 3.16. The molecule has 0 bridgehead atoms. The Morgan fingerprint density at radius 1 is 1.08 bits per heavy atom. The lowest BCUT2D eigenvalue weighted by atomic mass is 10.1. The summed E-state index contributed by atoms with van der Waals surface area (Å²) in [6, 6.07) is 16.6. The highest BCUT2D eigenvalue weighted by Gasteiger charge is 2.33. The van der Waals surface area contributed by atoms with Crippen molar-refractivity contribution in [2.45, 2.75) is 13.5 Å². The first kappa shape index (κ1) is 26.5. The molecule has 4 rings (SSSR count). The van der Waals surface area contributed by atoms with Crippen LogP contribution in [0.1, 0.15) is 18.1 Å². The first-order valence-corrected chi connectivity index (χ1v) is 12.7. The number of thiocarbonyl (C=S) groups is 1. The maximum absolute atomic E-state index is 13.2. The van der Waals surface area contributed by atoms with Crippen molar-refractivity contribution in [3.63, 3.8) is 0 Å². The van der Waals surface area contributed by atoms with Crippen LogP contribution in [0.15, 0.2) is 65.6 Å². The summed E-state index contributed by atoms with van der Waals surface area (Å²) in [6.07, 6.45) is 1.73. The summed E-state index contributed by atoms with van der Waals surface area (Å²) in [5, 5.41) is 11.4. The number of nitro groups is 1. The van der Waals surface area contributed by atoms with Gasteiger partial charge in [-0.25, -0.2) is 0 Å². The fourth-order valence-electron chi connectivity index (χ4n) is 3.56. The number of nitro benzene ring substituents is 1. The van der Waals surface area contributed by atoms with Gasteiger partial charge in [-0.2, -0.15) is 0 Å². The van der Waals surface area contributed by atoms with Crippen molar-refractivity contribution in [3.05, 3.63) is 91.8 Å². The van der Waals surface area contributed by atoms with Crippen LogP contribution in [0.4, 0.5) is 11.4 Å². The minimum Gasteiger partial charge on any atom is -0.495 e. The smallest absolute Gasteiger partial charge is 0.270 e. The Bertz CT molecular complexity index is 1410. The van der Waals surface area contributed by atoms with E-state index in [1.54, 1.807) is 54.6 Å². The molecule has 1 fully saturated rings. The van der Waals surface area contributed by atoms with Gasteiger partial charge in [-0.15, -0.1) is 0 Å². The van der Waals surface area contributed by atoms with Gasteiger partial charge in [0.15, 0.2) is 15.8 Å². The molecule has 0 radical (unpaired) electrons. The maximum Gasteiger partial charge on any atom is 0.270 e. The molecule has 0 unspecified atom stereocenters. The molecule has 1 saturated heterocycles. The monoisotopic (exact) mass is 556 g/mol. The van der Waals surface area contributed by atoms with Crippen molar-refractivity contribution < 1.29 is 23.9 Å². The number of anilines is 1. The molecular weight excluding hydrogens is 536 g/mol. The number of methoxy groups -OCH3 is 1. The summed E-state index contributed by atoms with van der Waals surface area (Å²) < 4.78 is 17.2. The number of amides is 1. The number of hydrogen-bond acceptors (Lipinski definition) is 8. The van der Waals surface area contributed by atoms with Crippen LogP contribution in [-0.2, 0) is 11.4 Å². The lowest BCUT2D eigenvalue weighted by Gasteiger charge is -2.15. The number of carbonyl (C=O) groups is 1. The minimum atomic E-state index is -0.449. The van der Waals surface area contributed by atoms with Crippen molar-refractivity contribution in [2.24, 2.45) is 0 Å². The van der Waals surface area contributed by atoms with Crippen molar-refractivity contribution in [1.29, 1.82) is 0 Å². The van der Waals surface area contributed by atoms with Gasteiger partial charge in [-0.3, -0.25) is 19.8 Å². The molecule has 0 spiro atoms. The maximum atomic E-state index is 13.2. The topological polar surface area (TPSA) is 91.1 Å². The quantitative estimate of drug-likeness (QED) is 0.125. The first-order chi connectivity index (χ1) is 17.8. The number of benzene rings is 3. The van der Waals surface area contributed by atoms with Gasteiger partial charge in [0.1, 0.15) is 12.4 Å². The van der Waals surface area contributed by atoms with Gasteiger partial charge in [0, 0.05) is 12.1 Å². The number of thioether (sulfide) groups is 1. The molecule has 1 aliphatic rings. The molecule has 0 atom stereocenters. The summed E-state index contributed by atoms with van der Waals surface area (Å²) in [7, 11) is 1.52. The lowest BCUT2D eigenvalue weighted by molar-refractivity contribution is -0.384. The van der Waals surface area contributed by atoms with Crippen LogP contribution in [0, 0.1) is 10.1 Å². The summed E-state index contributed by atoms with van der Waals surface area (Å²) in [5.41, 5.74) is 1.93. The van der Waals surface area contributed by atoms with Crippen LogP contribution >= 0.6 is 35.6 Å². The van der Waals surface area contributed by atoms with Crippen LogP contribution in [0.3, 0.4) is 0 Å².